The van der Waals surface area contributed by atoms with E-state index in [4.69, 9.17) is 14.1 Å². The van der Waals surface area contributed by atoms with Gasteiger partial charge in [-0.2, -0.15) is 0 Å². The molecule has 2 atom stereocenters. The van der Waals surface area contributed by atoms with Crippen molar-refractivity contribution < 1.29 is 9.16 Å². The Morgan fingerprint density at radius 2 is 1.57 bits per heavy atom. The third kappa shape index (κ3) is 4.65. The SMILES string of the molecule is CC(C)c1nc2c(c3c1[C@@H](c1ccc(C4(C)CC4)cc1)OC31CCCC1)[C@@H](O[Si](C)(C)C(C)(C)C)CC(C)(C)C2. The van der Waals surface area contributed by atoms with Gasteiger partial charge < -0.3 is 9.16 Å². The first-order valence-corrected chi connectivity index (χ1v) is 19.0. The van der Waals surface area contributed by atoms with Crippen LogP contribution in [0.1, 0.15) is 158 Å². The van der Waals surface area contributed by atoms with Crippen LogP contribution in [0.15, 0.2) is 24.3 Å². The molecule has 4 heteroatoms. The average molecular weight is 560 g/mol. The second-order valence-corrected chi connectivity index (χ2v) is 21.4. The Hall–Kier alpha value is -1.49. The van der Waals surface area contributed by atoms with Gasteiger partial charge in [-0.3, -0.25) is 4.98 Å². The van der Waals surface area contributed by atoms with Crippen molar-refractivity contribution in [2.75, 3.05) is 0 Å². The van der Waals surface area contributed by atoms with Crippen molar-refractivity contribution in [3.63, 3.8) is 0 Å². The van der Waals surface area contributed by atoms with Crippen LogP contribution in [0.2, 0.25) is 18.1 Å². The maximum atomic E-state index is 7.38. The highest BCUT2D eigenvalue weighted by Gasteiger charge is 2.54. The molecular formula is C36H53NO2Si. The Balaban J connectivity index is 1.56. The molecule has 2 saturated carbocycles. The number of fused-ring (bicyclic) bond motifs is 4. The molecule has 0 saturated heterocycles. The van der Waals surface area contributed by atoms with Crippen LogP contribution in [-0.4, -0.2) is 13.3 Å². The summed E-state index contributed by atoms with van der Waals surface area (Å²) in [7, 11) is -2.01. The summed E-state index contributed by atoms with van der Waals surface area (Å²) in [5.74, 6) is 0.344. The molecule has 1 aromatic heterocycles. The van der Waals surface area contributed by atoms with E-state index in [1.807, 2.05) is 0 Å². The number of pyridine rings is 1. The third-order valence-corrected chi connectivity index (χ3v) is 15.7. The summed E-state index contributed by atoms with van der Waals surface area (Å²) in [6.07, 6.45) is 9.39. The van der Waals surface area contributed by atoms with Crippen LogP contribution in [0.25, 0.3) is 0 Å². The van der Waals surface area contributed by atoms with E-state index in [0.29, 0.717) is 11.3 Å². The molecule has 1 aromatic carbocycles. The number of hydrogen-bond acceptors (Lipinski definition) is 3. The first-order chi connectivity index (χ1) is 18.6. The van der Waals surface area contributed by atoms with E-state index in [2.05, 4.69) is 92.7 Å². The van der Waals surface area contributed by atoms with Gasteiger partial charge in [-0.05, 0) is 90.1 Å². The fourth-order valence-electron chi connectivity index (χ4n) is 7.55. The second-order valence-electron chi connectivity index (χ2n) is 16.6. The van der Waals surface area contributed by atoms with Crippen molar-refractivity contribution in [1.29, 1.82) is 0 Å². The molecule has 218 valence electrons. The van der Waals surface area contributed by atoms with Crippen LogP contribution in [0.3, 0.4) is 0 Å². The number of aromatic nitrogens is 1. The molecule has 3 aliphatic carbocycles. The zero-order chi connectivity index (χ0) is 28.9. The predicted molar refractivity (Wildman–Crippen MR) is 168 cm³/mol. The molecule has 4 aliphatic rings. The Labute approximate surface area is 245 Å². The summed E-state index contributed by atoms with van der Waals surface area (Å²) in [6, 6.07) is 9.46. The lowest BCUT2D eigenvalue weighted by Gasteiger charge is -2.45. The van der Waals surface area contributed by atoms with E-state index in [0.717, 1.165) is 25.7 Å². The minimum absolute atomic E-state index is 0.0483. The third-order valence-electron chi connectivity index (χ3n) is 11.3. The lowest BCUT2D eigenvalue weighted by atomic mass is 9.70. The Kier molecular flexibility index (Phi) is 6.62. The lowest BCUT2D eigenvalue weighted by molar-refractivity contribution is -0.0579. The van der Waals surface area contributed by atoms with Crippen LogP contribution in [0.5, 0.6) is 0 Å². The molecule has 0 N–H and O–H groups in total. The number of benzene rings is 1. The van der Waals surface area contributed by atoms with Crippen LogP contribution >= 0.6 is 0 Å². The summed E-state index contributed by atoms with van der Waals surface area (Å²) in [5.41, 5.74) is 9.91. The normalized spacial score (nSPS) is 26.3. The van der Waals surface area contributed by atoms with Crippen molar-refractivity contribution in [3.8, 4) is 0 Å². The monoisotopic (exact) mass is 559 g/mol. The average Bonchev–Trinajstić information content (AvgIpc) is 3.29. The zero-order valence-electron chi connectivity index (χ0n) is 27.0. The summed E-state index contributed by atoms with van der Waals surface area (Å²) in [4.78, 5) is 5.58. The molecule has 2 aromatic rings. The lowest BCUT2D eigenvalue weighted by Crippen LogP contribution is -2.44. The predicted octanol–water partition coefficient (Wildman–Crippen LogP) is 10.2. The van der Waals surface area contributed by atoms with Crippen molar-refractivity contribution >= 4 is 8.32 Å². The molecule has 1 spiro atoms. The van der Waals surface area contributed by atoms with E-state index >= 15 is 0 Å². The molecule has 0 radical (unpaired) electrons. The summed E-state index contributed by atoms with van der Waals surface area (Å²) in [5, 5.41) is 0.160. The van der Waals surface area contributed by atoms with Gasteiger partial charge in [0.25, 0.3) is 0 Å². The highest BCUT2D eigenvalue weighted by Crippen LogP contribution is 2.60. The first-order valence-electron chi connectivity index (χ1n) is 16.1. The van der Waals surface area contributed by atoms with Gasteiger partial charge in [0.05, 0.1) is 11.7 Å². The fraction of sp³-hybridized carbons (Fsp3) is 0.694. The molecule has 6 rings (SSSR count). The standard InChI is InChI=1S/C36H53NO2Si/c1-23(2)31-29-30(28-26(37-31)21-34(6,7)22-27(28)39-40(9,10)33(3,4)5)36(17-11-12-18-36)38-32(29)24-13-15-25(16-14-24)35(8)19-20-35/h13-16,23,27,32H,11-12,17-22H2,1-10H3/t27-,32+/m0/s1. The Morgan fingerprint density at radius 3 is 2.12 bits per heavy atom. The van der Waals surface area contributed by atoms with Crippen LogP contribution in [0.4, 0.5) is 0 Å². The summed E-state index contributed by atoms with van der Waals surface area (Å²) < 4.78 is 14.8. The van der Waals surface area contributed by atoms with Gasteiger partial charge in [-0.1, -0.05) is 92.5 Å². The Bertz CT molecular complexity index is 1290. The minimum atomic E-state index is -2.01. The molecule has 2 fully saturated rings. The smallest absolute Gasteiger partial charge is 0.192 e. The van der Waals surface area contributed by atoms with E-state index in [-0.39, 0.29) is 28.3 Å². The van der Waals surface area contributed by atoms with Crippen molar-refractivity contribution in [1.82, 2.24) is 4.98 Å². The van der Waals surface area contributed by atoms with E-state index < -0.39 is 8.32 Å². The second kappa shape index (κ2) is 9.25. The number of nitrogens with zero attached hydrogens (tertiary/aromatic N) is 1. The Morgan fingerprint density at radius 1 is 0.950 bits per heavy atom. The maximum Gasteiger partial charge on any atom is 0.192 e. The van der Waals surface area contributed by atoms with Gasteiger partial charge in [0.2, 0.25) is 0 Å². The highest BCUT2D eigenvalue weighted by atomic mass is 28.4. The highest BCUT2D eigenvalue weighted by molar-refractivity contribution is 6.74. The minimum Gasteiger partial charge on any atom is -0.410 e. The number of rotatable bonds is 5. The van der Waals surface area contributed by atoms with E-state index in [1.165, 1.54) is 64.9 Å². The van der Waals surface area contributed by atoms with Gasteiger partial charge in [0.15, 0.2) is 8.32 Å². The molecule has 0 bridgehead atoms. The quantitative estimate of drug-likeness (QED) is 0.342. The van der Waals surface area contributed by atoms with E-state index in [1.54, 1.807) is 0 Å². The molecule has 0 amide bonds. The zero-order valence-corrected chi connectivity index (χ0v) is 28.0. The first kappa shape index (κ1) is 28.6. The molecular weight excluding hydrogens is 506 g/mol. The molecule has 40 heavy (non-hydrogen) atoms. The van der Waals surface area contributed by atoms with Crippen molar-refractivity contribution in [3.05, 3.63) is 63.5 Å². The summed E-state index contributed by atoms with van der Waals surface area (Å²) in [6.45, 7) is 23.8. The van der Waals surface area contributed by atoms with Crippen molar-refractivity contribution in [2.45, 2.75) is 154 Å². The largest absolute Gasteiger partial charge is 0.410 e. The van der Waals surface area contributed by atoms with Crippen LogP contribution < -0.4 is 0 Å². The number of ether oxygens (including phenoxy) is 1. The molecule has 0 unspecified atom stereocenters. The van der Waals surface area contributed by atoms with Crippen LogP contribution in [0, 0.1) is 5.41 Å². The van der Waals surface area contributed by atoms with E-state index in [9.17, 15) is 0 Å². The fourth-order valence-corrected chi connectivity index (χ4v) is 8.82. The number of hydrogen-bond donors (Lipinski definition) is 0. The van der Waals surface area contributed by atoms with Gasteiger partial charge >= 0.3 is 0 Å². The van der Waals surface area contributed by atoms with Gasteiger partial charge in [-0.15, -0.1) is 0 Å². The van der Waals surface area contributed by atoms with Gasteiger partial charge in [-0.25, -0.2) is 0 Å². The molecule has 3 nitrogen and oxygen atoms in total. The molecule has 2 heterocycles. The summed E-state index contributed by atoms with van der Waals surface area (Å²) >= 11 is 0. The van der Waals surface area contributed by atoms with Gasteiger partial charge in [0, 0.05) is 22.5 Å². The van der Waals surface area contributed by atoms with Gasteiger partial charge in [0.1, 0.15) is 6.10 Å². The topological polar surface area (TPSA) is 31.4 Å². The maximum absolute atomic E-state index is 7.38. The van der Waals surface area contributed by atoms with Crippen LogP contribution in [-0.2, 0) is 26.6 Å². The van der Waals surface area contributed by atoms with Crippen molar-refractivity contribution in [2.24, 2.45) is 5.41 Å². The molecule has 1 aliphatic heterocycles.